The third kappa shape index (κ3) is 2.17. The molecule has 0 aromatic heterocycles. The summed E-state index contributed by atoms with van der Waals surface area (Å²) >= 11 is 0. The van der Waals surface area contributed by atoms with Crippen LogP contribution >= 0.6 is 0 Å². The minimum atomic E-state index is -1.76. The third-order valence-electron chi connectivity index (χ3n) is 2.02. The summed E-state index contributed by atoms with van der Waals surface area (Å²) in [5.41, 5.74) is 8.10. The van der Waals surface area contributed by atoms with E-state index in [2.05, 4.69) is 14.8 Å². The van der Waals surface area contributed by atoms with Gasteiger partial charge < -0.3 is 25.2 Å². The van der Waals surface area contributed by atoms with Crippen molar-refractivity contribution in [1.82, 2.24) is 0 Å². The zero-order valence-electron chi connectivity index (χ0n) is 7.33. The van der Waals surface area contributed by atoms with Crippen LogP contribution in [0.2, 0.25) is 0 Å². The smallest absolute Gasteiger partial charge is 0.335 e. The Morgan fingerprint density at radius 2 is 1.93 bits per heavy atom. The van der Waals surface area contributed by atoms with Gasteiger partial charge in [0.2, 0.25) is 0 Å². The van der Waals surface area contributed by atoms with Crippen molar-refractivity contribution in [1.29, 1.82) is 0 Å². The number of carboxylic acids is 1. The largest absolute Gasteiger partial charge is 0.479 e. The van der Waals surface area contributed by atoms with Crippen molar-refractivity contribution in [3.8, 4) is 0 Å². The molecular weight excluding hydrogens is 210 g/mol. The first-order valence-corrected chi connectivity index (χ1v) is 3.95. The second-order valence-corrected chi connectivity index (χ2v) is 2.96. The molecule has 15 heavy (non-hydrogen) atoms. The van der Waals surface area contributed by atoms with E-state index in [0.29, 0.717) is 0 Å². The van der Waals surface area contributed by atoms with Gasteiger partial charge in [0.15, 0.2) is 12.4 Å². The minimum absolute atomic E-state index is 1.43. The fraction of sp³-hybridized carbons (Fsp3) is 0.833. The number of aliphatic hydroxyl groups excluding tert-OH is 3. The first-order chi connectivity index (χ1) is 6.99. The molecule has 0 aromatic carbocycles. The highest BCUT2D eigenvalue weighted by atomic mass is 16.6. The van der Waals surface area contributed by atoms with Gasteiger partial charge in [-0.2, -0.15) is 0 Å². The maximum absolute atomic E-state index is 10.5. The van der Waals surface area contributed by atoms with Crippen molar-refractivity contribution >= 4 is 5.97 Å². The maximum Gasteiger partial charge on any atom is 0.335 e. The zero-order valence-corrected chi connectivity index (χ0v) is 7.33. The minimum Gasteiger partial charge on any atom is -0.479 e. The van der Waals surface area contributed by atoms with Crippen LogP contribution in [0.1, 0.15) is 0 Å². The summed E-state index contributed by atoms with van der Waals surface area (Å²) in [5, 5.41) is 39.3. The van der Waals surface area contributed by atoms with Gasteiger partial charge in [0.1, 0.15) is 12.1 Å². The molecule has 0 bridgehead atoms. The second kappa shape index (κ2) is 4.43. The van der Waals surface area contributed by atoms with Crippen molar-refractivity contribution in [3.05, 3.63) is 10.4 Å². The molecule has 0 aliphatic carbocycles. The number of ether oxygens (including phenoxy) is 1. The van der Waals surface area contributed by atoms with Crippen LogP contribution in [0.5, 0.6) is 0 Å². The molecule has 1 saturated heterocycles. The van der Waals surface area contributed by atoms with Crippen LogP contribution in [0.25, 0.3) is 10.4 Å². The van der Waals surface area contributed by atoms with E-state index in [1.54, 1.807) is 0 Å². The van der Waals surface area contributed by atoms with Crippen LogP contribution in [-0.2, 0) is 9.53 Å². The van der Waals surface area contributed by atoms with E-state index in [0.717, 1.165) is 0 Å². The predicted molar refractivity (Wildman–Crippen MR) is 43.5 cm³/mol. The quantitative estimate of drug-likeness (QED) is 0.243. The van der Waals surface area contributed by atoms with Gasteiger partial charge in [0.05, 0.1) is 6.10 Å². The molecule has 0 radical (unpaired) electrons. The summed E-state index contributed by atoms with van der Waals surface area (Å²) in [6.07, 6.45) is -6.97. The lowest BCUT2D eigenvalue weighted by Gasteiger charge is -2.36. The fourth-order valence-corrected chi connectivity index (χ4v) is 1.25. The summed E-state index contributed by atoms with van der Waals surface area (Å²) in [6, 6.07) is -1.43. The summed E-state index contributed by atoms with van der Waals surface area (Å²) in [5.74, 6) is -1.53. The predicted octanol–water partition coefficient (Wildman–Crippen LogP) is -1.81. The Balaban J connectivity index is 2.87. The van der Waals surface area contributed by atoms with Crippen molar-refractivity contribution in [2.75, 3.05) is 0 Å². The summed E-state index contributed by atoms with van der Waals surface area (Å²) in [7, 11) is 0. The van der Waals surface area contributed by atoms with Crippen LogP contribution in [0.4, 0.5) is 0 Å². The average molecular weight is 219 g/mol. The van der Waals surface area contributed by atoms with Crippen molar-refractivity contribution in [2.24, 2.45) is 5.11 Å². The van der Waals surface area contributed by atoms with Gasteiger partial charge in [-0.3, -0.25) is 0 Å². The highest BCUT2D eigenvalue weighted by Gasteiger charge is 2.46. The topological polar surface area (TPSA) is 156 Å². The molecular formula is C6H9N3O6. The van der Waals surface area contributed by atoms with Crippen molar-refractivity contribution < 1.29 is 30.0 Å². The number of hydrogen-bond donors (Lipinski definition) is 4. The summed E-state index contributed by atoms with van der Waals surface area (Å²) in [4.78, 5) is 12.8. The molecule has 5 atom stereocenters. The van der Waals surface area contributed by atoms with Crippen molar-refractivity contribution in [3.63, 3.8) is 0 Å². The summed E-state index contributed by atoms with van der Waals surface area (Å²) in [6.45, 7) is 0. The average Bonchev–Trinajstić information content (AvgIpc) is 2.18. The van der Waals surface area contributed by atoms with E-state index in [-0.39, 0.29) is 0 Å². The normalized spacial score (nSPS) is 40.6. The van der Waals surface area contributed by atoms with E-state index in [1.165, 1.54) is 0 Å². The molecule has 4 N–H and O–H groups in total. The molecule has 0 unspecified atom stereocenters. The van der Waals surface area contributed by atoms with E-state index in [1.807, 2.05) is 0 Å². The fourth-order valence-electron chi connectivity index (χ4n) is 1.25. The molecule has 1 heterocycles. The van der Waals surface area contributed by atoms with Crippen LogP contribution in [0.15, 0.2) is 5.11 Å². The third-order valence-corrected chi connectivity index (χ3v) is 2.02. The van der Waals surface area contributed by atoms with E-state index < -0.39 is 36.6 Å². The number of aliphatic carboxylic acids is 1. The number of azide groups is 1. The van der Waals surface area contributed by atoms with Crippen LogP contribution < -0.4 is 0 Å². The van der Waals surface area contributed by atoms with E-state index in [4.69, 9.17) is 10.6 Å². The molecule has 0 amide bonds. The SMILES string of the molecule is [N-]=[N+]=N[C@@H]1[C@@H](O)[C@@H](O)[C@@H](C(=O)O)O[C@H]1O. The number of rotatable bonds is 2. The monoisotopic (exact) mass is 219 g/mol. The highest BCUT2D eigenvalue weighted by molar-refractivity contribution is 5.73. The molecule has 1 aliphatic rings. The molecule has 1 aliphatic heterocycles. The molecule has 0 aromatic rings. The summed E-state index contributed by atoms with van der Waals surface area (Å²) < 4.78 is 4.48. The Bertz CT molecular complexity index is 303. The lowest BCUT2D eigenvalue weighted by Crippen LogP contribution is -2.58. The van der Waals surface area contributed by atoms with Gasteiger partial charge in [0, 0.05) is 4.91 Å². The van der Waals surface area contributed by atoms with Crippen LogP contribution in [-0.4, -0.2) is 57.0 Å². The lowest BCUT2D eigenvalue weighted by atomic mass is 9.97. The van der Waals surface area contributed by atoms with Gasteiger partial charge in [-0.05, 0) is 5.53 Å². The number of carbonyl (C=O) groups is 1. The van der Waals surface area contributed by atoms with Crippen LogP contribution in [0.3, 0.4) is 0 Å². The van der Waals surface area contributed by atoms with E-state index >= 15 is 0 Å². The Hall–Kier alpha value is -1.38. The lowest BCUT2D eigenvalue weighted by molar-refractivity contribution is -0.244. The first kappa shape index (κ1) is 11.7. The van der Waals surface area contributed by atoms with Gasteiger partial charge in [0.25, 0.3) is 0 Å². The second-order valence-electron chi connectivity index (χ2n) is 2.96. The number of nitrogens with zero attached hydrogens (tertiary/aromatic N) is 3. The van der Waals surface area contributed by atoms with Gasteiger partial charge in [-0.1, -0.05) is 5.11 Å². The molecule has 1 rings (SSSR count). The Morgan fingerprint density at radius 3 is 2.40 bits per heavy atom. The number of hydrogen-bond acceptors (Lipinski definition) is 6. The first-order valence-electron chi connectivity index (χ1n) is 3.95. The van der Waals surface area contributed by atoms with E-state index in [9.17, 15) is 20.1 Å². The number of aliphatic hydroxyl groups is 3. The molecule has 0 spiro atoms. The van der Waals surface area contributed by atoms with Crippen LogP contribution in [0, 0.1) is 0 Å². The zero-order chi connectivity index (χ0) is 11.6. The van der Waals surface area contributed by atoms with Gasteiger partial charge >= 0.3 is 5.97 Å². The Kier molecular flexibility index (Phi) is 3.45. The molecule has 0 saturated carbocycles. The molecule has 9 nitrogen and oxygen atoms in total. The highest BCUT2D eigenvalue weighted by Crippen LogP contribution is 2.22. The maximum atomic E-state index is 10.5. The Morgan fingerprint density at radius 1 is 1.33 bits per heavy atom. The standard InChI is InChI=1S/C6H9N3O6/c7-9-8-1-2(10)3(11)4(5(12)13)15-6(1)14/h1-4,6,10-11,14H,(H,12,13)/t1-,2-,3-,4+,6-/m1/s1. The van der Waals surface area contributed by atoms with Gasteiger partial charge in [-0.15, -0.1) is 0 Å². The Labute approximate surface area is 83.1 Å². The molecule has 1 fully saturated rings. The molecule has 84 valence electrons. The van der Waals surface area contributed by atoms with Crippen molar-refractivity contribution in [2.45, 2.75) is 30.6 Å². The van der Waals surface area contributed by atoms with Gasteiger partial charge in [-0.25, -0.2) is 4.79 Å². The number of carboxylic acid groups (broad SMARTS) is 1. The molecule has 9 heteroatoms.